The fraction of sp³-hybridized carbons (Fsp3) is 1.00. The van der Waals surface area contributed by atoms with Crippen LogP contribution >= 0.6 is 0 Å². The first kappa shape index (κ1) is 13.0. The Morgan fingerprint density at radius 3 is 2.60 bits per heavy atom. The van der Waals surface area contributed by atoms with Crippen molar-refractivity contribution in [3.8, 4) is 0 Å². The zero-order valence-electron chi connectivity index (χ0n) is 10.5. The predicted octanol–water partition coefficient (Wildman–Crippen LogP) is 2.56. The molecule has 0 heterocycles. The van der Waals surface area contributed by atoms with Crippen molar-refractivity contribution in [2.75, 3.05) is 6.54 Å². The Balaban J connectivity index is 2.12. The minimum atomic E-state index is -0.113. The largest absolute Gasteiger partial charge is 0.393 e. The molecule has 0 aliphatic heterocycles. The quantitative estimate of drug-likeness (QED) is 0.735. The van der Waals surface area contributed by atoms with Gasteiger partial charge >= 0.3 is 0 Å². The molecule has 1 rings (SSSR count). The summed E-state index contributed by atoms with van der Waals surface area (Å²) in [4.78, 5) is 0. The highest BCUT2D eigenvalue weighted by molar-refractivity contribution is 4.79. The number of nitrogens with one attached hydrogen (secondary N) is 1. The van der Waals surface area contributed by atoms with E-state index in [0.29, 0.717) is 6.04 Å². The second-order valence-corrected chi connectivity index (χ2v) is 5.27. The Morgan fingerprint density at radius 2 is 2.00 bits per heavy atom. The average molecular weight is 213 g/mol. The Hall–Kier alpha value is -0.0800. The van der Waals surface area contributed by atoms with E-state index in [0.717, 1.165) is 31.2 Å². The van der Waals surface area contributed by atoms with Crippen LogP contribution in [0, 0.1) is 11.8 Å². The minimum Gasteiger partial charge on any atom is -0.393 e. The number of hydrogen-bond acceptors (Lipinski definition) is 2. The molecule has 90 valence electrons. The first-order valence-corrected chi connectivity index (χ1v) is 6.55. The Kier molecular flexibility index (Phi) is 5.62. The highest BCUT2D eigenvalue weighted by Crippen LogP contribution is 2.29. The molecule has 2 nitrogen and oxygen atoms in total. The van der Waals surface area contributed by atoms with Crippen LogP contribution in [0.25, 0.3) is 0 Å². The third-order valence-corrected chi connectivity index (χ3v) is 3.98. The van der Waals surface area contributed by atoms with Gasteiger partial charge in [-0.15, -0.1) is 0 Å². The minimum absolute atomic E-state index is 0.113. The molecule has 2 heteroatoms. The van der Waals surface area contributed by atoms with Crippen molar-refractivity contribution in [1.82, 2.24) is 5.32 Å². The molecule has 0 bridgehead atoms. The van der Waals surface area contributed by atoms with Crippen molar-refractivity contribution in [2.45, 2.75) is 65.0 Å². The number of aliphatic hydroxyl groups excluding tert-OH is 1. The lowest BCUT2D eigenvalue weighted by molar-refractivity contribution is 0.154. The molecule has 0 aromatic carbocycles. The number of hydrogen-bond donors (Lipinski definition) is 2. The van der Waals surface area contributed by atoms with E-state index in [-0.39, 0.29) is 6.10 Å². The van der Waals surface area contributed by atoms with Crippen LogP contribution in [-0.4, -0.2) is 23.8 Å². The predicted molar refractivity (Wildman–Crippen MR) is 64.9 cm³/mol. The maximum absolute atomic E-state index is 9.44. The first-order valence-electron chi connectivity index (χ1n) is 6.55. The second kappa shape index (κ2) is 6.49. The van der Waals surface area contributed by atoms with Gasteiger partial charge in [-0.05, 0) is 50.5 Å². The van der Waals surface area contributed by atoms with Crippen LogP contribution in [0.1, 0.15) is 52.9 Å². The molecule has 0 radical (unpaired) electrons. The maximum Gasteiger partial charge on any atom is 0.0549 e. The van der Waals surface area contributed by atoms with Crippen molar-refractivity contribution in [3.05, 3.63) is 0 Å². The van der Waals surface area contributed by atoms with E-state index < -0.39 is 0 Å². The topological polar surface area (TPSA) is 32.3 Å². The first-order chi connectivity index (χ1) is 7.13. The summed E-state index contributed by atoms with van der Waals surface area (Å²) in [6.45, 7) is 7.73. The van der Waals surface area contributed by atoms with E-state index in [4.69, 9.17) is 0 Å². The highest BCUT2D eigenvalue weighted by Gasteiger charge is 2.23. The molecule has 0 aromatic rings. The maximum atomic E-state index is 9.44. The van der Waals surface area contributed by atoms with E-state index >= 15 is 0 Å². The van der Waals surface area contributed by atoms with Crippen molar-refractivity contribution < 1.29 is 5.11 Å². The molecular formula is C13H27NO. The van der Waals surface area contributed by atoms with E-state index in [9.17, 15) is 5.11 Å². The molecule has 0 amide bonds. The van der Waals surface area contributed by atoms with Crippen molar-refractivity contribution in [3.63, 3.8) is 0 Å². The van der Waals surface area contributed by atoms with E-state index in [1.807, 2.05) is 6.92 Å². The third kappa shape index (κ3) is 4.52. The summed E-state index contributed by atoms with van der Waals surface area (Å²) in [5.74, 6) is 1.75. The fourth-order valence-electron chi connectivity index (χ4n) is 2.39. The van der Waals surface area contributed by atoms with Gasteiger partial charge in [0, 0.05) is 6.04 Å². The monoisotopic (exact) mass is 213 g/mol. The van der Waals surface area contributed by atoms with Crippen LogP contribution < -0.4 is 5.32 Å². The number of aliphatic hydroxyl groups is 1. The van der Waals surface area contributed by atoms with Crippen LogP contribution in [0.15, 0.2) is 0 Å². The summed E-state index contributed by atoms with van der Waals surface area (Å²) in [6, 6.07) is 0.695. The van der Waals surface area contributed by atoms with Crippen LogP contribution in [0.3, 0.4) is 0 Å². The molecule has 1 aliphatic rings. The molecule has 4 atom stereocenters. The fourth-order valence-corrected chi connectivity index (χ4v) is 2.39. The lowest BCUT2D eigenvalue weighted by Crippen LogP contribution is -2.37. The van der Waals surface area contributed by atoms with Gasteiger partial charge in [-0.1, -0.05) is 20.8 Å². The van der Waals surface area contributed by atoms with Gasteiger partial charge in [0.05, 0.1) is 6.10 Å². The Bertz CT molecular complexity index is 172. The smallest absolute Gasteiger partial charge is 0.0549 e. The Labute approximate surface area is 94.5 Å². The molecule has 0 spiro atoms. The summed E-state index contributed by atoms with van der Waals surface area (Å²) in [6.07, 6.45) is 5.64. The summed E-state index contributed by atoms with van der Waals surface area (Å²) >= 11 is 0. The molecule has 1 fully saturated rings. The zero-order chi connectivity index (χ0) is 11.3. The molecular weight excluding hydrogens is 186 g/mol. The summed E-state index contributed by atoms with van der Waals surface area (Å²) in [5, 5.41) is 13.0. The van der Waals surface area contributed by atoms with Crippen molar-refractivity contribution in [2.24, 2.45) is 11.8 Å². The summed E-state index contributed by atoms with van der Waals surface area (Å²) in [7, 11) is 0. The van der Waals surface area contributed by atoms with Gasteiger partial charge in [-0.3, -0.25) is 0 Å². The van der Waals surface area contributed by atoms with Gasteiger partial charge in [-0.2, -0.15) is 0 Å². The molecule has 0 saturated heterocycles. The van der Waals surface area contributed by atoms with E-state index in [1.54, 1.807) is 0 Å². The number of rotatable bonds is 5. The van der Waals surface area contributed by atoms with Crippen LogP contribution in [-0.2, 0) is 0 Å². The van der Waals surface area contributed by atoms with Crippen LogP contribution in [0.2, 0.25) is 0 Å². The van der Waals surface area contributed by atoms with Crippen LogP contribution in [0.5, 0.6) is 0 Å². The molecule has 1 saturated carbocycles. The highest BCUT2D eigenvalue weighted by atomic mass is 16.3. The van der Waals surface area contributed by atoms with Gasteiger partial charge in [-0.25, -0.2) is 0 Å². The Morgan fingerprint density at radius 1 is 1.27 bits per heavy atom. The standard InChI is InChI=1S/C13H27NO/c1-4-13(15)7-8-14-12-6-5-10(2)11(3)9-12/h10-15H,4-9H2,1-3H3. The zero-order valence-corrected chi connectivity index (χ0v) is 10.5. The molecule has 1 aliphatic carbocycles. The molecule has 4 unspecified atom stereocenters. The third-order valence-electron chi connectivity index (χ3n) is 3.98. The lowest BCUT2D eigenvalue weighted by atomic mass is 9.79. The second-order valence-electron chi connectivity index (χ2n) is 5.27. The van der Waals surface area contributed by atoms with E-state index in [1.165, 1.54) is 19.3 Å². The van der Waals surface area contributed by atoms with Gasteiger partial charge in [0.15, 0.2) is 0 Å². The van der Waals surface area contributed by atoms with Crippen LogP contribution in [0.4, 0.5) is 0 Å². The lowest BCUT2D eigenvalue weighted by Gasteiger charge is -2.32. The van der Waals surface area contributed by atoms with Gasteiger partial charge < -0.3 is 10.4 Å². The molecule has 0 aromatic heterocycles. The summed E-state index contributed by atoms with van der Waals surface area (Å²) < 4.78 is 0. The van der Waals surface area contributed by atoms with Crippen molar-refractivity contribution >= 4 is 0 Å². The molecule has 2 N–H and O–H groups in total. The SMILES string of the molecule is CCC(O)CCNC1CCC(C)C(C)C1. The normalized spacial score (nSPS) is 34.0. The average Bonchev–Trinajstić information content (AvgIpc) is 2.23. The van der Waals surface area contributed by atoms with Gasteiger partial charge in [0.2, 0.25) is 0 Å². The molecule has 15 heavy (non-hydrogen) atoms. The van der Waals surface area contributed by atoms with Gasteiger partial charge in [0.25, 0.3) is 0 Å². The van der Waals surface area contributed by atoms with Gasteiger partial charge in [0.1, 0.15) is 0 Å². The summed E-state index contributed by atoms with van der Waals surface area (Å²) in [5.41, 5.74) is 0. The van der Waals surface area contributed by atoms with Crippen molar-refractivity contribution in [1.29, 1.82) is 0 Å². The van der Waals surface area contributed by atoms with E-state index in [2.05, 4.69) is 19.2 Å².